The summed E-state index contributed by atoms with van der Waals surface area (Å²) in [6.45, 7) is 3.56. The Morgan fingerprint density at radius 2 is 1.86 bits per heavy atom. The van der Waals surface area contributed by atoms with E-state index in [9.17, 15) is 9.18 Å². The van der Waals surface area contributed by atoms with E-state index in [0.717, 1.165) is 43.7 Å². The van der Waals surface area contributed by atoms with Gasteiger partial charge in [-0.25, -0.2) is 9.37 Å². The number of amides is 1. The zero-order valence-electron chi connectivity index (χ0n) is 19.4. The molecule has 184 valence electrons. The summed E-state index contributed by atoms with van der Waals surface area (Å²) >= 11 is 12.2. The van der Waals surface area contributed by atoms with Crippen LogP contribution in [0.15, 0.2) is 48.7 Å². The summed E-state index contributed by atoms with van der Waals surface area (Å²) in [6, 6.07) is 11.9. The van der Waals surface area contributed by atoms with E-state index in [1.54, 1.807) is 12.3 Å². The molecule has 0 unspecified atom stereocenters. The van der Waals surface area contributed by atoms with Gasteiger partial charge in [-0.05, 0) is 61.5 Å². The van der Waals surface area contributed by atoms with Crippen LogP contribution in [0.2, 0.25) is 10.0 Å². The van der Waals surface area contributed by atoms with Gasteiger partial charge in [0.25, 0.3) is 5.91 Å². The second kappa shape index (κ2) is 11.2. The Kier molecular flexibility index (Phi) is 8.11. The normalized spacial score (nSPS) is 14.6. The molecule has 35 heavy (non-hydrogen) atoms. The number of likely N-dealkylation sites (N-methyl/N-ethyl adjacent to an activating group) is 1. The van der Waals surface area contributed by atoms with Gasteiger partial charge in [0.15, 0.2) is 11.6 Å². The van der Waals surface area contributed by atoms with Crippen LogP contribution in [0.4, 0.5) is 10.2 Å². The second-order valence-electron chi connectivity index (χ2n) is 8.55. The highest BCUT2D eigenvalue weighted by atomic mass is 35.5. The molecule has 2 heterocycles. The van der Waals surface area contributed by atoms with E-state index in [4.69, 9.17) is 33.7 Å². The molecule has 1 aliphatic rings. The maximum Gasteiger partial charge on any atom is 0.253 e. The Bertz CT molecular complexity index is 1210. The van der Waals surface area contributed by atoms with Crippen molar-refractivity contribution in [3.8, 4) is 16.9 Å². The second-order valence-corrected chi connectivity index (χ2v) is 9.34. The number of nitrogens with two attached hydrogens (primary N) is 1. The zero-order valence-corrected chi connectivity index (χ0v) is 20.9. The number of nitrogens with zero attached hydrogens (tertiary/aromatic N) is 3. The SMILES string of the molecule is CN1CCCN(C(=O)c2ccc(-c3cnc(N)c(OCCc4c(Cl)ccc(F)c4Cl)c3)cc2)CC1. The number of pyridine rings is 1. The molecule has 9 heteroatoms. The Morgan fingerprint density at radius 1 is 1.09 bits per heavy atom. The molecule has 1 amide bonds. The van der Waals surface area contributed by atoms with E-state index in [1.807, 2.05) is 29.2 Å². The van der Waals surface area contributed by atoms with Gasteiger partial charge in [0.05, 0.1) is 11.6 Å². The Hall–Kier alpha value is -2.87. The third-order valence-electron chi connectivity index (χ3n) is 6.10. The molecule has 0 saturated carbocycles. The number of hydrogen-bond acceptors (Lipinski definition) is 5. The number of hydrogen-bond donors (Lipinski definition) is 1. The first-order valence-corrected chi connectivity index (χ1v) is 12.2. The molecule has 0 aliphatic carbocycles. The smallest absolute Gasteiger partial charge is 0.253 e. The van der Waals surface area contributed by atoms with Gasteiger partial charge in [0.1, 0.15) is 5.82 Å². The summed E-state index contributed by atoms with van der Waals surface area (Å²) in [5.74, 6) is 0.156. The number of benzene rings is 2. The maximum atomic E-state index is 13.7. The van der Waals surface area contributed by atoms with Gasteiger partial charge in [0.2, 0.25) is 0 Å². The molecule has 0 radical (unpaired) electrons. The Labute approximate surface area is 214 Å². The van der Waals surface area contributed by atoms with Gasteiger partial charge in [-0.3, -0.25) is 4.79 Å². The standard InChI is InChI=1S/C26H27Cl2FN4O2/c1-32-10-2-11-33(13-12-32)26(34)18-5-3-17(4-6-18)19-15-23(25(30)31-16-19)35-14-9-20-21(27)7-8-22(29)24(20)28/h3-8,15-16H,2,9-14H2,1H3,(H2,30,31). The lowest BCUT2D eigenvalue weighted by Crippen LogP contribution is -2.34. The van der Waals surface area contributed by atoms with E-state index in [0.29, 0.717) is 28.3 Å². The van der Waals surface area contributed by atoms with Crippen LogP contribution in [-0.2, 0) is 6.42 Å². The lowest BCUT2D eigenvalue weighted by Gasteiger charge is -2.20. The fraction of sp³-hybridized carbons (Fsp3) is 0.308. The average Bonchev–Trinajstić information content (AvgIpc) is 3.09. The molecule has 0 atom stereocenters. The molecule has 1 fully saturated rings. The topological polar surface area (TPSA) is 71.7 Å². The highest BCUT2D eigenvalue weighted by Crippen LogP contribution is 2.30. The largest absolute Gasteiger partial charge is 0.489 e. The molecule has 1 aromatic heterocycles. The van der Waals surface area contributed by atoms with Crippen LogP contribution < -0.4 is 10.5 Å². The molecule has 6 nitrogen and oxygen atoms in total. The lowest BCUT2D eigenvalue weighted by atomic mass is 10.0. The van der Waals surface area contributed by atoms with Crippen molar-refractivity contribution >= 4 is 34.9 Å². The van der Waals surface area contributed by atoms with Crippen LogP contribution in [0.3, 0.4) is 0 Å². The van der Waals surface area contributed by atoms with Crippen LogP contribution in [0.25, 0.3) is 11.1 Å². The van der Waals surface area contributed by atoms with E-state index in [2.05, 4.69) is 16.9 Å². The van der Waals surface area contributed by atoms with Crippen molar-refractivity contribution in [3.05, 3.63) is 75.7 Å². The number of rotatable bonds is 6. The summed E-state index contributed by atoms with van der Waals surface area (Å²) in [4.78, 5) is 21.3. The van der Waals surface area contributed by atoms with Crippen molar-refractivity contribution in [2.24, 2.45) is 0 Å². The van der Waals surface area contributed by atoms with Crippen LogP contribution in [-0.4, -0.2) is 60.5 Å². The van der Waals surface area contributed by atoms with E-state index < -0.39 is 5.82 Å². The van der Waals surface area contributed by atoms with Crippen molar-refractivity contribution in [3.63, 3.8) is 0 Å². The molecule has 1 saturated heterocycles. The molecule has 0 spiro atoms. The third kappa shape index (κ3) is 6.04. The van der Waals surface area contributed by atoms with Crippen molar-refractivity contribution < 1.29 is 13.9 Å². The Morgan fingerprint density at radius 3 is 2.63 bits per heavy atom. The number of halogens is 3. The summed E-state index contributed by atoms with van der Waals surface area (Å²) in [7, 11) is 2.08. The quantitative estimate of drug-likeness (QED) is 0.457. The molecule has 4 rings (SSSR count). The fourth-order valence-corrected chi connectivity index (χ4v) is 4.59. The van der Waals surface area contributed by atoms with Crippen molar-refractivity contribution in [2.75, 3.05) is 45.6 Å². The third-order valence-corrected chi connectivity index (χ3v) is 6.86. The summed E-state index contributed by atoms with van der Waals surface area (Å²) in [5, 5.41) is 0.365. The van der Waals surface area contributed by atoms with Gasteiger partial charge < -0.3 is 20.3 Å². The summed E-state index contributed by atoms with van der Waals surface area (Å²) in [6.07, 6.45) is 2.93. The first-order valence-electron chi connectivity index (χ1n) is 11.4. The van der Waals surface area contributed by atoms with Crippen LogP contribution in [0.1, 0.15) is 22.3 Å². The molecule has 2 aromatic carbocycles. The van der Waals surface area contributed by atoms with E-state index in [-0.39, 0.29) is 23.4 Å². The van der Waals surface area contributed by atoms with E-state index in [1.165, 1.54) is 12.1 Å². The summed E-state index contributed by atoms with van der Waals surface area (Å²) in [5.41, 5.74) is 8.81. The fourth-order valence-electron chi connectivity index (χ4n) is 4.03. The van der Waals surface area contributed by atoms with E-state index >= 15 is 0 Å². The first-order chi connectivity index (χ1) is 16.8. The monoisotopic (exact) mass is 516 g/mol. The number of carbonyl (C=O) groups excluding carboxylic acids is 1. The molecular formula is C26H27Cl2FN4O2. The number of ether oxygens (including phenoxy) is 1. The lowest BCUT2D eigenvalue weighted by molar-refractivity contribution is 0.0763. The predicted molar refractivity (Wildman–Crippen MR) is 138 cm³/mol. The van der Waals surface area contributed by atoms with Gasteiger partial charge in [-0.15, -0.1) is 0 Å². The molecular weight excluding hydrogens is 490 g/mol. The first kappa shape index (κ1) is 25.2. The number of aromatic nitrogens is 1. The van der Waals surface area contributed by atoms with Gasteiger partial charge in [0, 0.05) is 48.4 Å². The van der Waals surface area contributed by atoms with Crippen LogP contribution in [0, 0.1) is 5.82 Å². The molecule has 2 N–H and O–H groups in total. The zero-order chi connectivity index (χ0) is 24.9. The number of carbonyl (C=O) groups is 1. The van der Waals surface area contributed by atoms with Crippen molar-refractivity contribution in [1.29, 1.82) is 0 Å². The maximum absolute atomic E-state index is 13.7. The minimum atomic E-state index is -0.528. The average molecular weight is 517 g/mol. The number of nitrogen functional groups attached to an aromatic ring is 1. The van der Waals surface area contributed by atoms with Gasteiger partial charge in [-0.1, -0.05) is 35.3 Å². The van der Waals surface area contributed by atoms with Crippen molar-refractivity contribution in [1.82, 2.24) is 14.8 Å². The highest BCUT2D eigenvalue weighted by molar-refractivity contribution is 6.36. The van der Waals surface area contributed by atoms with Crippen LogP contribution in [0.5, 0.6) is 5.75 Å². The summed E-state index contributed by atoms with van der Waals surface area (Å²) < 4.78 is 19.6. The Balaban J connectivity index is 1.43. The van der Waals surface area contributed by atoms with Crippen molar-refractivity contribution in [2.45, 2.75) is 12.8 Å². The minimum Gasteiger partial charge on any atom is -0.489 e. The molecule has 3 aromatic rings. The molecule has 1 aliphatic heterocycles. The number of anilines is 1. The highest BCUT2D eigenvalue weighted by Gasteiger charge is 2.19. The van der Waals surface area contributed by atoms with Crippen LogP contribution >= 0.6 is 23.2 Å². The minimum absolute atomic E-state index is 0.0113. The van der Waals surface area contributed by atoms with Gasteiger partial charge in [-0.2, -0.15) is 0 Å². The van der Waals surface area contributed by atoms with Gasteiger partial charge >= 0.3 is 0 Å². The predicted octanol–water partition coefficient (Wildman–Crippen LogP) is 5.18. The molecule has 0 bridgehead atoms.